The smallest absolute Gasteiger partial charge is 0.167 e. The fourth-order valence-corrected chi connectivity index (χ4v) is 2.64. The van der Waals surface area contributed by atoms with Gasteiger partial charge in [0.1, 0.15) is 5.82 Å². The summed E-state index contributed by atoms with van der Waals surface area (Å²) >= 11 is 11.9. The molecule has 0 radical (unpaired) electrons. The predicted molar refractivity (Wildman–Crippen MR) is 93.9 cm³/mol. The molecule has 124 valence electrons. The number of fused-ring (bicyclic) bond motifs is 1. The van der Waals surface area contributed by atoms with Gasteiger partial charge in [0.15, 0.2) is 22.1 Å². The van der Waals surface area contributed by atoms with Crippen LogP contribution in [0.3, 0.4) is 0 Å². The van der Waals surface area contributed by atoms with Crippen LogP contribution in [0.15, 0.2) is 54.9 Å². The number of pyridine rings is 1. The van der Waals surface area contributed by atoms with Crippen molar-refractivity contribution in [2.24, 2.45) is 0 Å². The first-order valence-electron chi connectivity index (χ1n) is 7.34. The van der Waals surface area contributed by atoms with Crippen molar-refractivity contribution in [3.05, 3.63) is 66.5 Å². The average molecular weight is 374 g/mol. The minimum Gasteiger partial charge on any atom is -0.264 e. The van der Waals surface area contributed by atoms with Crippen LogP contribution in [0.1, 0.15) is 10.7 Å². The van der Waals surface area contributed by atoms with Gasteiger partial charge in [0.2, 0.25) is 0 Å². The van der Waals surface area contributed by atoms with Gasteiger partial charge in [-0.2, -0.15) is 9.61 Å². The van der Waals surface area contributed by atoms with Crippen LogP contribution >= 0.6 is 23.2 Å². The molecule has 0 aliphatic rings. The van der Waals surface area contributed by atoms with E-state index >= 15 is 0 Å². The van der Waals surface area contributed by atoms with Gasteiger partial charge in [0.25, 0.3) is 0 Å². The van der Waals surface area contributed by atoms with Gasteiger partial charge in [0, 0.05) is 29.6 Å². The Bertz CT molecular complexity index is 1030. The molecule has 0 bridgehead atoms. The van der Waals surface area contributed by atoms with E-state index in [1.165, 1.54) is 12.1 Å². The van der Waals surface area contributed by atoms with Gasteiger partial charge in [-0.05, 0) is 36.4 Å². The standard InChI is InChI=1S/C17H10Cl2FN5/c18-15(19)16-22-14-8-13(10-3-5-12(20)6-4-10)24-25(14)17(23-16)11-2-1-7-21-9-11/h1-9,15H. The molecule has 0 fully saturated rings. The molecule has 0 spiro atoms. The summed E-state index contributed by atoms with van der Waals surface area (Å²) in [7, 11) is 0. The minimum atomic E-state index is -0.871. The van der Waals surface area contributed by atoms with Gasteiger partial charge >= 0.3 is 0 Å². The number of alkyl halides is 2. The third-order valence-corrected chi connectivity index (χ3v) is 3.99. The number of aromatic nitrogens is 5. The number of hydrogen-bond donors (Lipinski definition) is 0. The summed E-state index contributed by atoms with van der Waals surface area (Å²) in [6.07, 6.45) is 3.34. The third-order valence-electron chi connectivity index (χ3n) is 3.60. The molecule has 5 nitrogen and oxygen atoms in total. The molecule has 1 aromatic carbocycles. The maximum absolute atomic E-state index is 13.1. The van der Waals surface area contributed by atoms with E-state index in [1.54, 1.807) is 41.2 Å². The summed E-state index contributed by atoms with van der Waals surface area (Å²) in [5, 5.41) is 4.54. The van der Waals surface area contributed by atoms with Crippen molar-refractivity contribution in [2.45, 2.75) is 4.84 Å². The Labute approximate surface area is 152 Å². The van der Waals surface area contributed by atoms with Crippen molar-refractivity contribution in [1.29, 1.82) is 0 Å². The number of rotatable bonds is 3. The van der Waals surface area contributed by atoms with E-state index in [9.17, 15) is 4.39 Å². The molecule has 8 heteroatoms. The van der Waals surface area contributed by atoms with E-state index in [1.807, 2.05) is 6.07 Å². The second kappa shape index (κ2) is 6.38. The molecule has 0 unspecified atom stereocenters. The molecule has 0 saturated heterocycles. The summed E-state index contributed by atoms with van der Waals surface area (Å²) in [5.41, 5.74) is 2.68. The lowest BCUT2D eigenvalue weighted by Gasteiger charge is -2.07. The normalized spacial score (nSPS) is 11.4. The van der Waals surface area contributed by atoms with E-state index in [0.29, 0.717) is 17.2 Å². The second-order valence-corrected chi connectivity index (χ2v) is 6.35. The average Bonchev–Trinajstić information content (AvgIpc) is 3.06. The lowest BCUT2D eigenvalue weighted by molar-refractivity contribution is 0.628. The number of nitrogens with zero attached hydrogens (tertiary/aromatic N) is 5. The van der Waals surface area contributed by atoms with E-state index in [-0.39, 0.29) is 11.6 Å². The maximum atomic E-state index is 13.1. The van der Waals surface area contributed by atoms with Gasteiger partial charge in [-0.3, -0.25) is 4.98 Å². The topological polar surface area (TPSA) is 56.0 Å². The monoisotopic (exact) mass is 373 g/mol. The van der Waals surface area contributed by atoms with Gasteiger partial charge in [-0.15, -0.1) is 0 Å². The third kappa shape index (κ3) is 3.06. The quantitative estimate of drug-likeness (QED) is 0.497. The van der Waals surface area contributed by atoms with Gasteiger partial charge in [-0.25, -0.2) is 14.4 Å². The van der Waals surface area contributed by atoms with Gasteiger partial charge in [0.05, 0.1) is 5.69 Å². The molecule has 3 heterocycles. The SMILES string of the molecule is Fc1ccc(-c2cc3nc(C(Cl)Cl)nc(-c4cccnc4)n3n2)cc1. The zero-order valence-electron chi connectivity index (χ0n) is 12.6. The van der Waals surface area contributed by atoms with E-state index in [4.69, 9.17) is 23.2 Å². The summed E-state index contributed by atoms with van der Waals surface area (Å²) < 4.78 is 14.7. The zero-order chi connectivity index (χ0) is 17.4. The highest BCUT2D eigenvalue weighted by Crippen LogP contribution is 2.27. The lowest BCUT2D eigenvalue weighted by atomic mass is 10.1. The molecule has 4 rings (SSSR count). The molecule has 25 heavy (non-hydrogen) atoms. The zero-order valence-corrected chi connectivity index (χ0v) is 14.2. The van der Waals surface area contributed by atoms with Gasteiger partial charge < -0.3 is 0 Å². The molecule has 0 aliphatic heterocycles. The summed E-state index contributed by atoms with van der Waals surface area (Å²) in [5.74, 6) is 0.491. The second-order valence-electron chi connectivity index (χ2n) is 5.25. The first-order valence-corrected chi connectivity index (χ1v) is 8.21. The Kier molecular flexibility index (Phi) is 4.07. The van der Waals surface area contributed by atoms with Crippen LogP contribution < -0.4 is 0 Å². The number of benzene rings is 1. The first kappa shape index (κ1) is 15.9. The Morgan fingerprint density at radius 2 is 1.80 bits per heavy atom. The number of hydrogen-bond acceptors (Lipinski definition) is 4. The van der Waals surface area contributed by atoms with Crippen molar-refractivity contribution < 1.29 is 4.39 Å². The van der Waals surface area contributed by atoms with Crippen LogP contribution in [0.2, 0.25) is 0 Å². The summed E-state index contributed by atoms with van der Waals surface area (Å²) in [6, 6.07) is 11.5. The van der Waals surface area contributed by atoms with Crippen molar-refractivity contribution in [3.8, 4) is 22.6 Å². The lowest BCUT2D eigenvalue weighted by Crippen LogP contribution is -2.05. The Hall–Kier alpha value is -2.57. The molecule has 0 N–H and O–H groups in total. The molecular formula is C17H10Cl2FN5. The van der Waals surface area contributed by atoms with Crippen molar-refractivity contribution >= 4 is 28.8 Å². The van der Waals surface area contributed by atoms with Crippen molar-refractivity contribution in [2.75, 3.05) is 0 Å². The summed E-state index contributed by atoms with van der Waals surface area (Å²) in [4.78, 5) is 12.0. The van der Waals surface area contributed by atoms with Gasteiger partial charge in [-0.1, -0.05) is 23.2 Å². The van der Waals surface area contributed by atoms with Crippen molar-refractivity contribution in [1.82, 2.24) is 24.6 Å². The van der Waals surface area contributed by atoms with Crippen LogP contribution in [-0.2, 0) is 0 Å². The summed E-state index contributed by atoms with van der Waals surface area (Å²) in [6.45, 7) is 0. The van der Waals surface area contributed by atoms with Crippen LogP contribution in [0, 0.1) is 5.82 Å². The fraction of sp³-hybridized carbons (Fsp3) is 0.0588. The van der Waals surface area contributed by atoms with E-state index in [2.05, 4.69) is 20.1 Å². The molecule has 0 aliphatic carbocycles. The largest absolute Gasteiger partial charge is 0.264 e. The fourth-order valence-electron chi connectivity index (χ4n) is 2.45. The predicted octanol–water partition coefficient (Wildman–Crippen LogP) is 4.47. The molecular weight excluding hydrogens is 364 g/mol. The van der Waals surface area contributed by atoms with Crippen LogP contribution in [-0.4, -0.2) is 24.6 Å². The highest BCUT2D eigenvalue weighted by atomic mass is 35.5. The molecule has 3 aromatic heterocycles. The number of halogens is 3. The minimum absolute atomic E-state index is 0.278. The van der Waals surface area contributed by atoms with E-state index in [0.717, 1.165) is 11.1 Å². The highest BCUT2D eigenvalue weighted by molar-refractivity contribution is 6.43. The molecule has 4 aromatic rings. The Balaban J connectivity index is 1.95. The first-order chi connectivity index (χ1) is 12.1. The van der Waals surface area contributed by atoms with Crippen LogP contribution in [0.5, 0.6) is 0 Å². The van der Waals surface area contributed by atoms with E-state index < -0.39 is 4.84 Å². The highest BCUT2D eigenvalue weighted by Gasteiger charge is 2.17. The Morgan fingerprint density at radius 3 is 2.48 bits per heavy atom. The molecule has 0 saturated carbocycles. The maximum Gasteiger partial charge on any atom is 0.167 e. The van der Waals surface area contributed by atoms with Crippen LogP contribution in [0.25, 0.3) is 28.3 Å². The van der Waals surface area contributed by atoms with Crippen LogP contribution in [0.4, 0.5) is 4.39 Å². The molecule has 0 amide bonds. The molecule has 0 atom stereocenters. The Morgan fingerprint density at radius 1 is 1.00 bits per heavy atom. The van der Waals surface area contributed by atoms with Crippen molar-refractivity contribution in [3.63, 3.8) is 0 Å².